The molecule has 0 aliphatic carbocycles. The number of carbonyl (C=O) groups is 1. The molecule has 6 nitrogen and oxygen atoms in total. The molecule has 0 bridgehead atoms. The normalized spacial score (nSPS) is 10.9. The number of rotatable bonds is 5. The molecule has 0 radical (unpaired) electrons. The Kier molecular flexibility index (Phi) is 5.18. The van der Waals surface area contributed by atoms with E-state index in [0.717, 1.165) is 11.3 Å². The van der Waals surface area contributed by atoms with E-state index in [1.54, 1.807) is 25.1 Å². The number of benzene rings is 2. The number of carbonyl (C=O) groups excluding carboxylic acids is 1. The largest absolute Gasteiger partial charge is 0.378 e. The minimum atomic E-state index is -0.339. The van der Waals surface area contributed by atoms with Crippen LogP contribution in [-0.2, 0) is 6.54 Å². The number of fused-ring (bicyclic) bond motifs is 1. The van der Waals surface area contributed by atoms with Gasteiger partial charge in [-0.25, -0.2) is 9.37 Å². The Morgan fingerprint density at radius 2 is 1.80 bits per heavy atom. The van der Waals surface area contributed by atoms with Crippen LogP contribution in [0, 0.1) is 12.7 Å². The highest BCUT2D eigenvalue weighted by Gasteiger charge is 2.19. The summed E-state index contributed by atoms with van der Waals surface area (Å²) >= 11 is 0. The third-order valence-corrected chi connectivity index (χ3v) is 4.91. The Hall–Kier alpha value is -3.74. The van der Waals surface area contributed by atoms with E-state index in [-0.39, 0.29) is 17.4 Å². The number of hydrogen-bond acceptors (Lipinski definition) is 5. The molecular formula is C23H21FN4O2. The summed E-state index contributed by atoms with van der Waals surface area (Å²) in [5.74, 6) is -0.595. The third-order valence-electron chi connectivity index (χ3n) is 4.91. The van der Waals surface area contributed by atoms with E-state index >= 15 is 0 Å². The second kappa shape index (κ2) is 7.94. The summed E-state index contributed by atoms with van der Waals surface area (Å²) < 4.78 is 18.6. The van der Waals surface area contributed by atoms with Gasteiger partial charge >= 0.3 is 0 Å². The Morgan fingerprint density at radius 1 is 1.10 bits per heavy atom. The maximum absolute atomic E-state index is 13.3. The molecule has 30 heavy (non-hydrogen) atoms. The molecule has 1 N–H and O–H groups in total. The van der Waals surface area contributed by atoms with Crippen LogP contribution >= 0.6 is 0 Å². The number of aromatic nitrogens is 2. The number of anilines is 1. The van der Waals surface area contributed by atoms with Gasteiger partial charge in [0, 0.05) is 31.9 Å². The van der Waals surface area contributed by atoms with Crippen molar-refractivity contribution in [3.05, 3.63) is 77.2 Å². The van der Waals surface area contributed by atoms with Gasteiger partial charge < -0.3 is 14.7 Å². The van der Waals surface area contributed by atoms with Gasteiger partial charge in [0.1, 0.15) is 5.82 Å². The maximum Gasteiger partial charge on any atom is 0.259 e. The number of pyridine rings is 1. The van der Waals surface area contributed by atoms with Crippen LogP contribution < -0.4 is 10.2 Å². The molecule has 0 saturated heterocycles. The summed E-state index contributed by atoms with van der Waals surface area (Å²) in [5, 5.41) is 7.47. The highest BCUT2D eigenvalue weighted by molar-refractivity contribution is 6.06. The standard InChI is InChI=1S/C23H21FN4O2/c1-14-21-19(22(29)25-13-15-4-10-18(11-5-15)28(2)3)12-20(26-23(21)30-27-14)16-6-8-17(24)9-7-16/h4-12H,13H2,1-3H3,(H,25,29). The molecule has 0 spiro atoms. The van der Waals surface area contributed by atoms with E-state index in [1.165, 1.54) is 12.1 Å². The molecule has 0 aliphatic rings. The van der Waals surface area contributed by atoms with Crippen LogP contribution in [0.5, 0.6) is 0 Å². The molecule has 152 valence electrons. The zero-order valence-corrected chi connectivity index (χ0v) is 16.9. The van der Waals surface area contributed by atoms with Crippen LogP contribution in [0.4, 0.5) is 10.1 Å². The van der Waals surface area contributed by atoms with Crippen LogP contribution in [-0.4, -0.2) is 30.1 Å². The van der Waals surface area contributed by atoms with Crippen molar-refractivity contribution < 1.29 is 13.7 Å². The smallest absolute Gasteiger partial charge is 0.259 e. The average molecular weight is 404 g/mol. The molecule has 2 heterocycles. The predicted octanol–water partition coefficient (Wildman–Crippen LogP) is 4.33. The summed E-state index contributed by atoms with van der Waals surface area (Å²) in [6.45, 7) is 2.15. The van der Waals surface area contributed by atoms with E-state index in [9.17, 15) is 9.18 Å². The molecule has 2 aromatic carbocycles. The molecule has 0 atom stereocenters. The van der Waals surface area contributed by atoms with Gasteiger partial charge in [-0.05, 0) is 55.0 Å². The van der Waals surface area contributed by atoms with Gasteiger partial charge in [0.25, 0.3) is 11.6 Å². The lowest BCUT2D eigenvalue weighted by Gasteiger charge is -2.13. The van der Waals surface area contributed by atoms with Gasteiger partial charge in [-0.1, -0.05) is 17.3 Å². The number of amides is 1. The van der Waals surface area contributed by atoms with Gasteiger partial charge in [0.05, 0.1) is 22.3 Å². The summed E-state index contributed by atoms with van der Waals surface area (Å²) in [7, 11) is 3.96. The highest BCUT2D eigenvalue weighted by Crippen LogP contribution is 2.27. The molecule has 0 fully saturated rings. The van der Waals surface area contributed by atoms with Crippen molar-refractivity contribution in [1.29, 1.82) is 0 Å². The third kappa shape index (κ3) is 3.87. The number of nitrogens with zero attached hydrogens (tertiary/aromatic N) is 3. The van der Waals surface area contributed by atoms with E-state index < -0.39 is 0 Å². The lowest BCUT2D eigenvalue weighted by molar-refractivity contribution is 0.0952. The van der Waals surface area contributed by atoms with Crippen molar-refractivity contribution in [3.63, 3.8) is 0 Å². The Morgan fingerprint density at radius 3 is 2.47 bits per heavy atom. The van der Waals surface area contributed by atoms with Crippen molar-refractivity contribution in [2.75, 3.05) is 19.0 Å². The van der Waals surface area contributed by atoms with E-state index in [2.05, 4.69) is 15.5 Å². The molecule has 0 saturated carbocycles. The topological polar surface area (TPSA) is 71.3 Å². The number of aryl methyl sites for hydroxylation is 1. The number of nitrogens with one attached hydrogen (secondary N) is 1. The lowest BCUT2D eigenvalue weighted by Crippen LogP contribution is -2.23. The molecule has 4 aromatic rings. The Labute approximate surface area is 173 Å². The molecule has 0 unspecified atom stereocenters. The molecule has 2 aromatic heterocycles. The monoisotopic (exact) mass is 404 g/mol. The van der Waals surface area contributed by atoms with E-state index in [0.29, 0.717) is 34.4 Å². The van der Waals surface area contributed by atoms with Crippen LogP contribution in [0.2, 0.25) is 0 Å². The fourth-order valence-corrected chi connectivity index (χ4v) is 3.23. The maximum atomic E-state index is 13.3. The summed E-state index contributed by atoms with van der Waals surface area (Å²) in [6.07, 6.45) is 0. The Balaban J connectivity index is 1.63. The quantitative estimate of drug-likeness (QED) is 0.536. The Bertz CT molecular complexity index is 1200. The minimum Gasteiger partial charge on any atom is -0.378 e. The zero-order valence-electron chi connectivity index (χ0n) is 16.9. The lowest BCUT2D eigenvalue weighted by atomic mass is 10.0. The van der Waals surface area contributed by atoms with Gasteiger partial charge in [0.15, 0.2) is 0 Å². The average Bonchev–Trinajstić information content (AvgIpc) is 3.13. The van der Waals surface area contributed by atoms with Crippen LogP contribution in [0.25, 0.3) is 22.4 Å². The molecule has 0 aliphatic heterocycles. The molecular weight excluding hydrogens is 383 g/mol. The van der Waals surface area contributed by atoms with Crippen molar-refractivity contribution in [3.8, 4) is 11.3 Å². The van der Waals surface area contributed by atoms with Gasteiger partial charge in [0.2, 0.25) is 0 Å². The fraction of sp³-hybridized carbons (Fsp3) is 0.174. The van der Waals surface area contributed by atoms with Gasteiger partial charge in [-0.3, -0.25) is 4.79 Å². The predicted molar refractivity (Wildman–Crippen MR) is 114 cm³/mol. The van der Waals surface area contributed by atoms with Crippen LogP contribution in [0.3, 0.4) is 0 Å². The zero-order chi connectivity index (χ0) is 21.3. The summed E-state index contributed by atoms with van der Waals surface area (Å²) in [5.41, 5.74) is 4.55. The number of hydrogen-bond donors (Lipinski definition) is 1. The molecule has 7 heteroatoms. The molecule has 4 rings (SSSR count). The van der Waals surface area contributed by atoms with Crippen LogP contribution in [0.15, 0.2) is 59.1 Å². The van der Waals surface area contributed by atoms with Crippen molar-refractivity contribution in [2.24, 2.45) is 0 Å². The van der Waals surface area contributed by atoms with Crippen LogP contribution in [0.1, 0.15) is 21.6 Å². The first-order valence-electron chi connectivity index (χ1n) is 9.50. The summed E-state index contributed by atoms with van der Waals surface area (Å²) in [4.78, 5) is 19.5. The molecule has 1 amide bonds. The van der Waals surface area contributed by atoms with E-state index in [1.807, 2.05) is 43.3 Å². The first-order valence-corrected chi connectivity index (χ1v) is 9.50. The first-order chi connectivity index (χ1) is 14.4. The van der Waals surface area contributed by atoms with Gasteiger partial charge in [-0.15, -0.1) is 0 Å². The van der Waals surface area contributed by atoms with Crippen molar-refractivity contribution in [2.45, 2.75) is 13.5 Å². The van der Waals surface area contributed by atoms with E-state index in [4.69, 9.17) is 4.52 Å². The number of halogens is 1. The first kappa shape index (κ1) is 19.6. The summed E-state index contributed by atoms with van der Waals surface area (Å²) in [6, 6.07) is 15.6. The van der Waals surface area contributed by atoms with Gasteiger partial charge in [-0.2, -0.15) is 0 Å². The second-order valence-electron chi connectivity index (χ2n) is 7.25. The van der Waals surface area contributed by atoms with Crippen molar-refractivity contribution >= 4 is 22.7 Å². The second-order valence-corrected chi connectivity index (χ2v) is 7.25. The van der Waals surface area contributed by atoms with Crippen molar-refractivity contribution in [1.82, 2.24) is 15.5 Å². The SMILES string of the molecule is Cc1noc2nc(-c3ccc(F)cc3)cc(C(=O)NCc3ccc(N(C)C)cc3)c12. The highest BCUT2D eigenvalue weighted by atomic mass is 19.1. The minimum absolute atomic E-state index is 0.256. The fourth-order valence-electron chi connectivity index (χ4n) is 3.23.